The fourth-order valence-electron chi connectivity index (χ4n) is 3.29. The van der Waals surface area contributed by atoms with Crippen LogP contribution in [0.3, 0.4) is 0 Å². The van der Waals surface area contributed by atoms with Crippen LogP contribution in [0.4, 0.5) is 9.93 Å². The third kappa shape index (κ3) is 4.30. The van der Waals surface area contributed by atoms with E-state index in [9.17, 15) is 4.79 Å². The SMILES string of the molecule is Cn1nccc1-c1cncc(CNC(=O)OC2CCN(c3nccs3)CC2)c1. The largest absolute Gasteiger partial charge is 0.446 e. The summed E-state index contributed by atoms with van der Waals surface area (Å²) in [6.45, 7) is 2.07. The molecule has 0 unspecified atom stereocenters. The highest BCUT2D eigenvalue weighted by atomic mass is 32.1. The molecular weight excluding hydrogens is 376 g/mol. The third-order valence-electron chi connectivity index (χ3n) is 4.75. The minimum atomic E-state index is -0.390. The van der Waals surface area contributed by atoms with Gasteiger partial charge in [0.2, 0.25) is 0 Å². The molecule has 0 radical (unpaired) electrons. The number of aromatic nitrogens is 4. The van der Waals surface area contributed by atoms with Crippen LogP contribution in [0, 0.1) is 0 Å². The fourth-order valence-corrected chi connectivity index (χ4v) is 3.98. The maximum absolute atomic E-state index is 12.2. The molecule has 0 aromatic carbocycles. The Bertz CT molecular complexity index is 918. The van der Waals surface area contributed by atoms with Crippen molar-refractivity contribution in [3.63, 3.8) is 0 Å². The highest BCUT2D eigenvalue weighted by Crippen LogP contribution is 2.23. The third-order valence-corrected chi connectivity index (χ3v) is 5.59. The van der Waals surface area contributed by atoms with Gasteiger partial charge >= 0.3 is 6.09 Å². The zero-order valence-electron chi connectivity index (χ0n) is 15.6. The van der Waals surface area contributed by atoms with Crippen LogP contribution in [-0.2, 0) is 18.3 Å². The Morgan fingerprint density at radius 2 is 2.18 bits per heavy atom. The summed E-state index contributed by atoms with van der Waals surface area (Å²) in [6.07, 6.45) is 8.26. The number of carbonyl (C=O) groups is 1. The van der Waals surface area contributed by atoms with Crippen LogP contribution < -0.4 is 10.2 Å². The number of pyridine rings is 1. The van der Waals surface area contributed by atoms with Gasteiger partial charge in [-0.3, -0.25) is 9.67 Å². The number of piperidine rings is 1. The van der Waals surface area contributed by atoms with Crippen LogP contribution in [0.15, 0.2) is 42.3 Å². The smallest absolute Gasteiger partial charge is 0.407 e. The van der Waals surface area contributed by atoms with Crippen LogP contribution in [0.1, 0.15) is 18.4 Å². The van der Waals surface area contributed by atoms with E-state index in [1.54, 1.807) is 34.6 Å². The summed E-state index contributed by atoms with van der Waals surface area (Å²) >= 11 is 1.63. The van der Waals surface area contributed by atoms with Crippen LogP contribution in [0.5, 0.6) is 0 Å². The Labute approximate surface area is 167 Å². The predicted octanol–water partition coefficient (Wildman–Crippen LogP) is 2.83. The molecule has 4 rings (SSSR count). The first kappa shape index (κ1) is 18.4. The lowest BCUT2D eigenvalue weighted by Gasteiger charge is -2.31. The summed E-state index contributed by atoms with van der Waals surface area (Å²) in [5, 5.41) is 10.0. The van der Waals surface area contributed by atoms with Crippen molar-refractivity contribution in [1.29, 1.82) is 0 Å². The van der Waals surface area contributed by atoms with Gasteiger partial charge in [0.1, 0.15) is 6.10 Å². The molecule has 1 N–H and O–H groups in total. The van der Waals surface area contributed by atoms with E-state index in [0.29, 0.717) is 6.54 Å². The van der Waals surface area contributed by atoms with Crippen molar-refractivity contribution < 1.29 is 9.53 Å². The molecule has 1 aliphatic heterocycles. The second-order valence-electron chi connectivity index (χ2n) is 6.68. The molecule has 146 valence electrons. The van der Waals surface area contributed by atoms with Gasteiger partial charge < -0.3 is 15.0 Å². The predicted molar refractivity (Wildman–Crippen MR) is 107 cm³/mol. The molecule has 0 saturated carbocycles. The Balaban J connectivity index is 1.26. The van der Waals surface area contributed by atoms with E-state index in [-0.39, 0.29) is 6.10 Å². The van der Waals surface area contributed by atoms with Gasteiger partial charge in [0, 0.05) is 75.3 Å². The van der Waals surface area contributed by atoms with Crippen molar-refractivity contribution in [3.05, 3.63) is 47.9 Å². The molecule has 3 aromatic heterocycles. The first-order valence-corrected chi connectivity index (χ1v) is 10.1. The number of nitrogens with zero attached hydrogens (tertiary/aromatic N) is 5. The molecule has 1 aliphatic rings. The summed E-state index contributed by atoms with van der Waals surface area (Å²) in [5.41, 5.74) is 2.85. The van der Waals surface area contributed by atoms with Crippen molar-refractivity contribution in [3.8, 4) is 11.3 Å². The molecule has 28 heavy (non-hydrogen) atoms. The molecule has 3 aromatic rings. The van der Waals surface area contributed by atoms with Crippen molar-refractivity contribution in [1.82, 2.24) is 25.1 Å². The monoisotopic (exact) mass is 398 g/mol. The number of thiazole rings is 1. The van der Waals surface area contributed by atoms with E-state index in [2.05, 4.69) is 25.3 Å². The van der Waals surface area contributed by atoms with Gasteiger partial charge in [-0.25, -0.2) is 9.78 Å². The Hall–Kier alpha value is -2.94. The van der Waals surface area contributed by atoms with E-state index in [1.807, 2.05) is 30.8 Å². The lowest BCUT2D eigenvalue weighted by Crippen LogP contribution is -2.39. The standard InChI is InChI=1S/C19H22N6O2S/c1-24-17(2-5-23-24)15-10-14(11-20-13-15)12-22-19(26)27-16-3-7-25(8-4-16)18-21-6-9-28-18/h2,5-6,9-11,13,16H,3-4,7-8,12H2,1H3,(H,22,26). The highest BCUT2D eigenvalue weighted by Gasteiger charge is 2.23. The van der Waals surface area contributed by atoms with Crippen molar-refractivity contribution in [2.75, 3.05) is 18.0 Å². The lowest BCUT2D eigenvalue weighted by molar-refractivity contribution is 0.0828. The molecule has 0 atom stereocenters. The average molecular weight is 398 g/mol. The number of ether oxygens (including phenoxy) is 1. The summed E-state index contributed by atoms with van der Waals surface area (Å²) in [7, 11) is 1.89. The van der Waals surface area contributed by atoms with Crippen molar-refractivity contribution in [2.24, 2.45) is 7.05 Å². The van der Waals surface area contributed by atoms with Gasteiger partial charge in [-0.05, 0) is 17.7 Å². The number of rotatable bonds is 5. The molecule has 1 amide bonds. The highest BCUT2D eigenvalue weighted by molar-refractivity contribution is 7.13. The lowest BCUT2D eigenvalue weighted by atomic mass is 10.1. The van der Waals surface area contributed by atoms with E-state index in [4.69, 9.17) is 4.74 Å². The van der Waals surface area contributed by atoms with Gasteiger partial charge in [0.25, 0.3) is 0 Å². The van der Waals surface area contributed by atoms with Gasteiger partial charge in [-0.15, -0.1) is 11.3 Å². The van der Waals surface area contributed by atoms with Crippen LogP contribution in [0.25, 0.3) is 11.3 Å². The zero-order valence-corrected chi connectivity index (χ0v) is 16.4. The minimum absolute atomic E-state index is 0.0601. The maximum atomic E-state index is 12.2. The molecule has 0 bridgehead atoms. The zero-order chi connectivity index (χ0) is 19.3. The van der Waals surface area contributed by atoms with Crippen LogP contribution in [-0.4, -0.2) is 45.0 Å². The van der Waals surface area contributed by atoms with E-state index in [0.717, 1.165) is 47.9 Å². The first-order chi connectivity index (χ1) is 13.7. The summed E-state index contributed by atoms with van der Waals surface area (Å²) < 4.78 is 7.36. The molecule has 1 fully saturated rings. The first-order valence-electron chi connectivity index (χ1n) is 9.20. The van der Waals surface area contributed by atoms with E-state index >= 15 is 0 Å². The molecule has 1 saturated heterocycles. The van der Waals surface area contributed by atoms with Crippen LogP contribution >= 0.6 is 11.3 Å². The van der Waals surface area contributed by atoms with Gasteiger partial charge in [0.05, 0.1) is 5.69 Å². The molecule has 4 heterocycles. The minimum Gasteiger partial charge on any atom is -0.446 e. The molecule has 0 aliphatic carbocycles. The molecular formula is C19H22N6O2S. The van der Waals surface area contributed by atoms with Gasteiger partial charge in [-0.2, -0.15) is 5.10 Å². The summed E-state index contributed by atoms with van der Waals surface area (Å²) in [6, 6.07) is 3.93. The molecule has 0 spiro atoms. The van der Waals surface area contributed by atoms with Crippen molar-refractivity contribution >= 4 is 22.6 Å². The van der Waals surface area contributed by atoms with Crippen molar-refractivity contribution in [2.45, 2.75) is 25.5 Å². The number of amides is 1. The van der Waals surface area contributed by atoms with E-state index < -0.39 is 6.09 Å². The number of anilines is 1. The van der Waals surface area contributed by atoms with Crippen LogP contribution in [0.2, 0.25) is 0 Å². The topological polar surface area (TPSA) is 85.2 Å². The average Bonchev–Trinajstić information content (AvgIpc) is 3.39. The van der Waals surface area contributed by atoms with Gasteiger partial charge in [-0.1, -0.05) is 0 Å². The van der Waals surface area contributed by atoms with E-state index in [1.165, 1.54) is 0 Å². The number of nitrogens with one attached hydrogen (secondary N) is 1. The number of alkyl carbamates (subject to hydrolysis) is 1. The Morgan fingerprint density at radius 3 is 2.89 bits per heavy atom. The van der Waals surface area contributed by atoms with Gasteiger partial charge in [0.15, 0.2) is 5.13 Å². The number of aryl methyl sites for hydroxylation is 1. The molecule has 9 heteroatoms. The summed E-state index contributed by atoms with van der Waals surface area (Å²) in [4.78, 5) is 23.0. The second kappa shape index (κ2) is 8.39. The second-order valence-corrected chi connectivity index (χ2v) is 7.55. The number of hydrogen-bond acceptors (Lipinski definition) is 7. The Kier molecular flexibility index (Phi) is 5.52. The fraction of sp³-hybridized carbons (Fsp3) is 0.368. The quantitative estimate of drug-likeness (QED) is 0.711. The summed E-state index contributed by atoms with van der Waals surface area (Å²) in [5.74, 6) is 0. The molecule has 8 nitrogen and oxygen atoms in total. The Morgan fingerprint density at radius 1 is 1.32 bits per heavy atom. The maximum Gasteiger partial charge on any atom is 0.407 e. The number of carbonyl (C=O) groups excluding carboxylic acids is 1. The normalized spacial score (nSPS) is 14.8. The number of hydrogen-bond donors (Lipinski definition) is 1.